The minimum atomic E-state index is -3.51. The second-order valence-corrected chi connectivity index (χ2v) is 9.20. The van der Waals surface area contributed by atoms with E-state index >= 15 is 0 Å². The van der Waals surface area contributed by atoms with Crippen LogP contribution in [0.2, 0.25) is 4.34 Å². The standard InChI is InChI=1S/C14H12ClN3O2S3/c15-12-4-5-14(22-12)23(19,20)17-8-6-13-18-11(9-21-13)10-3-1-2-7-16-10/h1-5,7,9,17H,6,8H2. The highest BCUT2D eigenvalue weighted by molar-refractivity contribution is 7.91. The molecule has 0 aliphatic carbocycles. The summed E-state index contributed by atoms with van der Waals surface area (Å²) in [5, 5.41) is 2.78. The second-order valence-electron chi connectivity index (χ2n) is 4.55. The van der Waals surface area contributed by atoms with Gasteiger partial charge in [0.25, 0.3) is 0 Å². The lowest BCUT2D eigenvalue weighted by Crippen LogP contribution is -2.25. The molecule has 1 N–H and O–H groups in total. The highest BCUT2D eigenvalue weighted by atomic mass is 35.5. The van der Waals surface area contributed by atoms with Crippen molar-refractivity contribution in [3.05, 3.63) is 51.3 Å². The molecule has 9 heteroatoms. The molecular weight excluding hydrogens is 374 g/mol. The molecule has 5 nitrogen and oxygen atoms in total. The van der Waals surface area contributed by atoms with Gasteiger partial charge < -0.3 is 0 Å². The van der Waals surface area contributed by atoms with Gasteiger partial charge in [-0.25, -0.2) is 18.1 Å². The first-order chi connectivity index (χ1) is 11.0. The van der Waals surface area contributed by atoms with E-state index in [4.69, 9.17) is 11.6 Å². The molecule has 23 heavy (non-hydrogen) atoms. The first kappa shape index (κ1) is 16.5. The van der Waals surface area contributed by atoms with Gasteiger partial charge in [-0.2, -0.15) is 0 Å². The van der Waals surface area contributed by atoms with E-state index in [1.807, 2.05) is 23.6 Å². The third-order valence-corrected chi connectivity index (χ3v) is 7.02. The Morgan fingerprint density at radius 3 is 2.74 bits per heavy atom. The summed E-state index contributed by atoms with van der Waals surface area (Å²) in [6.45, 7) is 0.285. The van der Waals surface area contributed by atoms with Crippen LogP contribution in [0.3, 0.4) is 0 Å². The van der Waals surface area contributed by atoms with Crippen LogP contribution in [0, 0.1) is 0 Å². The molecule has 0 bridgehead atoms. The van der Waals surface area contributed by atoms with Crippen molar-refractivity contribution in [3.8, 4) is 11.4 Å². The average Bonchev–Trinajstić information content (AvgIpc) is 3.17. The molecule has 0 radical (unpaired) electrons. The predicted molar refractivity (Wildman–Crippen MR) is 93.6 cm³/mol. The minimum Gasteiger partial charge on any atom is -0.255 e. The maximum atomic E-state index is 12.1. The molecule has 0 aromatic carbocycles. The van der Waals surface area contributed by atoms with Crippen molar-refractivity contribution in [1.29, 1.82) is 0 Å². The number of nitrogens with one attached hydrogen (secondary N) is 1. The molecule has 0 saturated heterocycles. The number of thiophene rings is 1. The minimum absolute atomic E-state index is 0.218. The van der Waals surface area contributed by atoms with E-state index in [2.05, 4.69) is 14.7 Å². The van der Waals surface area contributed by atoms with E-state index < -0.39 is 10.0 Å². The lowest BCUT2D eigenvalue weighted by atomic mass is 10.3. The summed E-state index contributed by atoms with van der Waals surface area (Å²) in [5.41, 5.74) is 1.61. The van der Waals surface area contributed by atoms with Crippen molar-refractivity contribution in [1.82, 2.24) is 14.7 Å². The number of sulfonamides is 1. The smallest absolute Gasteiger partial charge is 0.250 e. The van der Waals surface area contributed by atoms with Crippen LogP contribution in [-0.4, -0.2) is 24.9 Å². The Kier molecular flexibility index (Phi) is 5.08. The normalized spacial score (nSPS) is 11.7. The van der Waals surface area contributed by atoms with Gasteiger partial charge in [-0.15, -0.1) is 22.7 Å². The van der Waals surface area contributed by atoms with E-state index in [1.54, 1.807) is 12.3 Å². The number of hydrogen-bond acceptors (Lipinski definition) is 6. The summed E-state index contributed by atoms with van der Waals surface area (Å²) in [5.74, 6) is 0. The summed E-state index contributed by atoms with van der Waals surface area (Å²) < 4.78 is 27.4. The van der Waals surface area contributed by atoms with Crippen molar-refractivity contribution in [2.75, 3.05) is 6.54 Å². The molecule has 0 amide bonds. The topological polar surface area (TPSA) is 72.0 Å². The van der Waals surface area contributed by atoms with Crippen molar-refractivity contribution >= 4 is 44.3 Å². The number of pyridine rings is 1. The summed E-state index contributed by atoms with van der Waals surface area (Å²) >= 11 is 8.30. The number of aromatic nitrogens is 2. The molecule has 120 valence electrons. The third-order valence-electron chi connectivity index (χ3n) is 2.92. The number of hydrogen-bond donors (Lipinski definition) is 1. The quantitative estimate of drug-likeness (QED) is 0.705. The molecular formula is C14H12ClN3O2S3. The Hall–Kier alpha value is -1.32. The molecule has 0 unspecified atom stereocenters. The lowest BCUT2D eigenvalue weighted by molar-refractivity contribution is 0.583. The number of rotatable bonds is 6. The zero-order chi connectivity index (χ0) is 16.3. The Bertz CT molecular complexity index is 891. The summed E-state index contributed by atoms with van der Waals surface area (Å²) in [6, 6.07) is 8.71. The van der Waals surface area contributed by atoms with Crippen LogP contribution < -0.4 is 4.72 Å². The van der Waals surface area contributed by atoms with Crippen LogP contribution >= 0.6 is 34.3 Å². The van der Waals surface area contributed by atoms with Gasteiger partial charge in [-0.05, 0) is 24.3 Å². The van der Waals surface area contributed by atoms with Crippen LogP contribution in [0.25, 0.3) is 11.4 Å². The zero-order valence-electron chi connectivity index (χ0n) is 11.8. The molecule has 0 fully saturated rings. The largest absolute Gasteiger partial charge is 0.255 e. The Labute approximate surface area is 147 Å². The van der Waals surface area contributed by atoms with Crippen LogP contribution in [0.5, 0.6) is 0 Å². The highest BCUT2D eigenvalue weighted by Gasteiger charge is 2.16. The highest BCUT2D eigenvalue weighted by Crippen LogP contribution is 2.25. The van der Waals surface area contributed by atoms with Gasteiger partial charge in [0.1, 0.15) is 4.21 Å². The molecule has 3 aromatic rings. The molecule has 3 heterocycles. The van der Waals surface area contributed by atoms with Crippen LogP contribution in [0.4, 0.5) is 0 Å². The molecule has 0 aliphatic rings. The van der Waals surface area contributed by atoms with Gasteiger partial charge >= 0.3 is 0 Å². The average molecular weight is 386 g/mol. The second kappa shape index (κ2) is 7.06. The van der Waals surface area contributed by atoms with Crippen LogP contribution in [-0.2, 0) is 16.4 Å². The van der Waals surface area contributed by atoms with Gasteiger partial charge in [0.05, 0.1) is 20.7 Å². The number of halogens is 1. The summed E-state index contributed by atoms with van der Waals surface area (Å²) in [4.78, 5) is 8.72. The van der Waals surface area contributed by atoms with Crippen LogP contribution in [0.15, 0.2) is 46.1 Å². The molecule has 0 aliphatic heterocycles. The fourth-order valence-corrected chi connectivity index (χ4v) is 5.21. The molecule has 3 rings (SSSR count). The van der Waals surface area contributed by atoms with Crippen molar-refractivity contribution in [2.24, 2.45) is 0 Å². The number of thiazole rings is 1. The first-order valence-electron chi connectivity index (χ1n) is 6.65. The Morgan fingerprint density at radius 2 is 2.04 bits per heavy atom. The maximum Gasteiger partial charge on any atom is 0.250 e. The summed E-state index contributed by atoms with van der Waals surface area (Å²) in [6.07, 6.45) is 2.24. The van der Waals surface area contributed by atoms with E-state index in [9.17, 15) is 8.42 Å². The molecule has 3 aromatic heterocycles. The monoisotopic (exact) mass is 385 g/mol. The van der Waals surface area contributed by atoms with Crippen molar-refractivity contribution in [3.63, 3.8) is 0 Å². The molecule has 0 atom stereocenters. The van der Waals surface area contributed by atoms with Gasteiger partial charge in [-0.1, -0.05) is 17.7 Å². The van der Waals surface area contributed by atoms with Gasteiger partial charge in [-0.3, -0.25) is 4.98 Å². The maximum absolute atomic E-state index is 12.1. The van der Waals surface area contributed by atoms with Crippen molar-refractivity contribution in [2.45, 2.75) is 10.6 Å². The van der Waals surface area contributed by atoms with Crippen molar-refractivity contribution < 1.29 is 8.42 Å². The predicted octanol–water partition coefficient (Wildman–Crippen LogP) is 3.44. The van der Waals surface area contributed by atoms with Gasteiger partial charge in [0.15, 0.2) is 0 Å². The zero-order valence-corrected chi connectivity index (χ0v) is 15.0. The van der Waals surface area contributed by atoms with E-state index in [0.717, 1.165) is 27.7 Å². The first-order valence-corrected chi connectivity index (χ1v) is 10.2. The van der Waals surface area contributed by atoms with Crippen LogP contribution in [0.1, 0.15) is 5.01 Å². The fourth-order valence-electron chi connectivity index (χ4n) is 1.86. The fraction of sp³-hybridized carbons (Fsp3) is 0.143. The Morgan fingerprint density at radius 1 is 1.17 bits per heavy atom. The summed E-state index contributed by atoms with van der Waals surface area (Å²) in [7, 11) is -3.51. The van der Waals surface area contributed by atoms with Gasteiger partial charge in [0, 0.05) is 24.5 Å². The third kappa shape index (κ3) is 4.15. The van der Waals surface area contributed by atoms with E-state index in [-0.39, 0.29) is 10.8 Å². The number of nitrogens with zero attached hydrogens (tertiary/aromatic N) is 2. The SMILES string of the molecule is O=S(=O)(NCCc1nc(-c2ccccn2)cs1)c1ccc(Cl)s1. The van der Waals surface area contributed by atoms with E-state index in [1.165, 1.54) is 17.4 Å². The molecule has 0 saturated carbocycles. The molecule has 0 spiro atoms. The Balaban J connectivity index is 1.60. The lowest BCUT2D eigenvalue weighted by Gasteiger charge is -2.02. The van der Waals surface area contributed by atoms with Gasteiger partial charge in [0.2, 0.25) is 10.0 Å². The van der Waals surface area contributed by atoms with E-state index in [0.29, 0.717) is 10.8 Å².